The maximum atomic E-state index is 13.5. The molecule has 1 N–H and O–H groups in total. The Balaban J connectivity index is 0.00000196. The molecule has 0 bridgehead atoms. The van der Waals surface area contributed by atoms with Gasteiger partial charge in [0, 0.05) is 36.4 Å². The molecule has 3 heterocycles. The van der Waals surface area contributed by atoms with Crippen LogP contribution in [-0.4, -0.2) is 46.8 Å². The second-order valence-electron chi connectivity index (χ2n) is 7.02. The van der Waals surface area contributed by atoms with Gasteiger partial charge in [-0.15, -0.1) is 12.4 Å². The van der Waals surface area contributed by atoms with E-state index < -0.39 is 5.54 Å². The highest BCUT2D eigenvalue weighted by Gasteiger charge is 2.45. The summed E-state index contributed by atoms with van der Waals surface area (Å²) in [6.07, 6.45) is 6.26. The number of rotatable bonds is 3. The number of carbonyl (C=O) groups is 1. The number of nitrogens with one attached hydrogen (secondary N) is 1. The zero-order valence-electron chi connectivity index (χ0n) is 14.6. The first-order valence-corrected chi connectivity index (χ1v) is 9.32. The van der Waals surface area contributed by atoms with Crippen LogP contribution in [0.1, 0.15) is 30.7 Å². The van der Waals surface area contributed by atoms with E-state index >= 15 is 0 Å². The minimum absolute atomic E-state index is 0. The summed E-state index contributed by atoms with van der Waals surface area (Å²) in [5.41, 5.74) is 0.724. The van der Waals surface area contributed by atoms with Crippen LogP contribution in [0.25, 0.3) is 0 Å². The molecule has 5 nitrogen and oxygen atoms in total. The Morgan fingerprint density at radius 2 is 1.96 bits per heavy atom. The van der Waals surface area contributed by atoms with Crippen molar-refractivity contribution in [3.05, 3.63) is 53.3 Å². The molecule has 2 aliphatic rings. The van der Waals surface area contributed by atoms with Gasteiger partial charge in [0.1, 0.15) is 5.54 Å². The minimum atomic E-state index is -0.538. The predicted molar refractivity (Wildman–Crippen MR) is 105 cm³/mol. The fourth-order valence-electron chi connectivity index (χ4n) is 4.15. The van der Waals surface area contributed by atoms with Crippen LogP contribution >= 0.6 is 24.0 Å². The van der Waals surface area contributed by atoms with Gasteiger partial charge in [-0.1, -0.05) is 23.7 Å². The van der Waals surface area contributed by atoms with Crippen molar-refractivity contribution in [3.63, 3.8) is 0 Å². The Kier molecular flexibility index (Phi) is 5.90. The largest absolute Gasteiger partial charge is 0.340 e. The fraction of sp³-hybridized carbons (Fsp3) is 0.474. The van der Waals surface area contributed by atoms with Crippen LogP contribution in [-0.2, 0) is 10.3 Å². The smallest absolute Gasteiger partial charge is 0.250 e. The topological polar surface area (TPSA) is 50.2 Å². The van der Waals surface area contributed by atoms with Crippen LogP contribution in [0.4, 0.5) is 0 Å². The van der Waals surface area contributed by atoms with Gasteiger partial charge in [-0.3, -0.25) is 9.48 Å². The Bertz CT molecular complexity index is 727. The number of nitrogens with zero attached hydrogens (tertiary/aromatic N) is 3. The van der Waals surface area contributed by atoms with E-state index in [2.05, 4.69) is 22.5 Å². The monoisotopic (exact) mass is 394 g/mol. The SMILES string of the molecule is Cl.O=C(N1CCC(c2ccc(Cl)cc2)C1)C1(n2cccn2)CCNCC1. The van der Waals surface area contributed by atoms with Crippen LogP contribution < -0.4 is 5.32 Å². The fourth-order valence-corrected chi connectivity index (χ4v) is 4.28. The summed E-state index contributed by atoms with van der Waals surface area (Å²) < 4.78 is 1.88. The highest BCUT2D eigenvalue weighted by atomic mass is 35.5. The Hall–Kier alpha value is -1.56. The average Bonchev–Trinajstić information content (AvgIpc) is 3.34. The van der Waals surface area contributed by atoms with Crippen LogP contribution in [0.2, 0.25) is 5.02 Å². The van der Waals surface area contributed by atoms with E-state index in [1.807, 2.05) is 34.0 Å². The first-order valence-electron chi connectivity index (χ1n) is 8.95. The highest BCUT2D eigenvalue weighted by Crippen LogP contribution is 2.34. The van der Waals surface area contributed by atoms with Gasteiger partial charge in [0.05, 0.1) is 0 Å². The zero-order valence-corrected chi connectivity index (χ0v) is 16.2. The van der Waals surface area contributed by atoms with E-state index in [4.69, 9.17) is 11.6 Å². The van der Waals surface area contributed by atoms with Crippen molar-refractivity contribution in [2.45, 2.75) is 30.7 Å². The van der Waals surface area contributed by atoms with Crippen molar-refractivity contribution in [2.75, 3.05) is 26.2 Å². The van der Waals surface area contributed by atoms with Crippen LogP contribution in [0.5, 0.6) is 0 Å². The first-order chi connectivity index (χ1) is 12.2. The zero-order chi connectivity index (χ0) is 17.3. The van der Waals surface area contributed by atoms with E-state index in [0.717, 1.165) is 50.5 Å². The molecule has 1 amide bonds. The quantitative estimate of drug-likeness (QED) is 0.869. The summed E-state index contributed by atoms with van der Waals surface area (Å²) in [4.78, 5) is 15.5. The molecule has 0 spiro atoms. The maximum Gasteiger partial charge on any atom is 0.250 e. The second-order valence-corrected chi connectivity index (χ2v) is 7.46. The molecule has 0 aliphatic carbocycles. The van der Waals surface area contributed by atoms with Crippen molar-refractivity contribution < 1.29 is 4.79 Å². The van der Waals surface area contributed by atoms with E-state index in [1.165, 1.54) is 5.56 Å². The van der Waals surface area contributed by atoms with E-state index in [9.17, 15) is 4.79 Å². The Labute approximate surface area is 165 Å². The molecular formula is C19H24Cl2N4O. The van der Waals surface area contributed by atoms with Gasteiger partial charge in [-0.05, 0) is 56.1 Å². The number of piperidine rings is 1. The summed E-state index contributed by atoms with van der Waals surface area (Å²) in [6, 6.07) is 9.92. The standard InChI is InChI=1S/C19H23ClN4O.ClH/c20-17-4-2-15(3-5-17)16-6-13-23(14-16)18(25)19(7-10-21-11-8-19)24-12-1-9-22-24;/h1-5,9,12,16,21H,6-8,10-11,13-14H2;1H. The molecule has 7 heteroatoms. The number of amides is 1. The molecule has 1 aromatic heterocycles. The molecule has 0 saturated carbocycles. The van der Waals surface area contributed by atoms with Gasteiger partial charge in [0.15, 0.2) is 0 Å². The normalized spacial score (nSPS) is 22.0. The van der Waals surface area contributed by atoms with Gasteiger partial charge >= 0.3 is 0 Å². The number of likely N-dealkylation sites (tertiary alicyclic amines) is 1. The number of aromatic nitrogens is 2. The third-order valence-corrected chi connectivity index (χ3v) is 5.84. The molecule has 140 valence electrons. The lowest BCUT2D eigenvalue weighted by Gasteiger charge is -2.39. The van der Waals surface area contributed by atoms with Crippen molar-refractivity contribution in [1.29, 1.82) is 0 Å². The molecule has 1 aromatic carbocycles. The van der Waals surface area contributed by atoms with Gasteiger partial charge in [0.25, 0.3) is 5.91 Å². The predicted octanol–water partition coefficient (Wildman–Crippen LogP) is 3.05. The van der Waals surface area contributed by atoms with Gasteiger partial charge in [0.2, 0.25) is 0 Å². The van der Waals surface area contributed by atoms with Crippen LogP contribution in [0, 0.1) is 0 Å². The lowest BCUT2D eigenvalue weighted by molar-refractivity contribution is -0.142. The van der Waals surface area contributed by atoms with Crippen LogP contribution in [0.15, 0.2) is 42.7 Å². The van der Waals surface area contributed by atoms with Crippen LogP contribution in [0.3, 0.4) is 0 Å². The summed E-state index contributed by atoms with van der Waals surface area (Å²) in [5, 5.41) is 8.53. The summed E-state index contributed by atoms with van der Waals surface area (Å²) >= 11 is 5.99. The van der Waals surface area contributed by atoms with Crippen molar-refractivity contribution in [2.24, 2.45) is 0 Å². The summed E-state index contributed by atoms with van der Waals surface area (Å²) in [7, 11) is 0. The summed E-state index contributed by atoms with van der Waals surface area (Å²) in [6.45, 7) is 3.28. The number of hydrogen-bond donors (Lipinski definition) is 1. The van der Waals surface area contributed by atoms with E-state index in [0.29, 0.717) is 5.92 Å². The number of halogens is 2. The third kappa shape index (κ3) is 3.48. The molecule has 2 aromatic rings. The van der Waals surface area contributed by atoms with Gasteiger partial charge in [-0.25, -0.2) is 0 Å². The lowest BCUT2D eigenvalue weighted by atomic mass is 9.86. The van der Waals surface area contributed by atoms with E-state index in [1.54, 1.807) is 6.20 Å². The molecule has 0 radical (unpaired) electrons. The molecule has 1 atom stereocenters. The molecule has 2 fully saturated rings. The molecule has 2 saturated heterocycles. The van der Waals surface area contributed by atoms with Crippen molar-refractivity contribution in [3.8, 4) is 0 Å². The molecule has 26 heavy (non-hydrogen) atoms. The van der Waals surface area contributed by atoms with Crippen molar-refractivity contribution >= 4 is 29.9 Å². The molecule has 2 aliphatic heterocycles. The summed E-state index contributed by atoms with van der Waals surface area (Å²) in [5.74, 6) is 0.603. The maximum absolute atomic E-state index is 13.5. The number of hydrogen-bond acceptors (Lipinski definition) is 3. The van der Waals surface area contributed by atoms with E-state index in [-0.39, 0.29) is 18.3 Å². The Morgan fingerprint density at radius 3 is 2.62 bits per heavy atom. The third-order valence-electron chi connectivity index (χ3n) is 5.59. The highest BCUT2D eigenvalue weighted by molar-refractivity contribution is 6.30. The molecule has 1 unspecified atom stereocenters. The lowest BCUT2D eigenvalue weighted by Crippen LogP contribution is -2.55. The number of benzene rings is 1. The average molecular weight is 395 g/mol. The van der Waals surface area contributed by atoms with Crippen molar-refractivity contribution in [1.82, 2.24) is 20.0 Å². The molecular weight excluding hydrogens is 371 g/mol. The second kappa shape index (κ2) is 7.99. The minimum Gasteiger partial charge on any atom is -0.340 e. The van der Waals surface area contributed by atoms with Gasteiger partial charge in [-0.2, -0.15) is 5.10 Å². The first kappa shape index (κ1) is 19.2. The molecule has 4 rings (SSSR count). The Morgan fingerprint density at radius 1 is 1.23 bits per heavy atom. The number of carbonyl (C=O) groups excluding carboxylic acids is 1. The van der Waals surface area contributed by atoms with Gasteiger partial charge < -0.3 is 10.2 Å².